The van der Waals surface area contributed by atoms with E-state index >= 15 is 0 Å². The lowest BCUT2D eigenvalue weighted by Crippen LogP contribution is -2.41. The Morgan fingerprint density at radius 1 is 1.32 bits per heavy atom. The van der Waals surface area contributed by atoms with Gasteiger partial charge in [0.15, 0.2) is 0 Å². The number of benzene rings is 1. The Bertz CT molecular complexity index is 544. The van der Waals surface area contributed by atoms with Crippen LogP contribution in [0.15, 0.2) is 24.3 Å². The molecule has 2 amide bonds. The van der Waals surface area contributed by atoms with Crippen LogP contribution >= 0.6 is 0 Å². The molecule has 1 unspecified atom stereocenters. The summed E-state index contributed by atoms with van der Waals surface area (Å²) >= 11 is 0. The van der Waals surface area contributed by atoms with Gasteiger partial charge in [-0.15, -0.1) is 0 Å². The highest BCUT2D eigenvalue weighted by Gasteiger charge is 2.18. The summed E-state index contributed by atoms with van der Waals surface area (Å²) in [5.41, 5.74) is 2.57. The lowest BCUT2D eigenvalue weighted by atomic mass is 9.99. The van der Waals surface area contributed by atoms with Crippen molar-refractivity contribution in [1.29, 1.82) is 0 Å². The van der Waals surface area contributed by atoms with E-state index in [1.54, 1.807) is 0 Å². The quantitative estimate of drug-likeness (QED) is 0.807. The van der Waals surface area contributed by atoms with Crippen molar-refractivity contribution in [1.82, 2.24) is 15.1 Å². The average Bonchev–Trinajstić information content (AvgIpc) is 2.58. The predicted octanol–water partition coefficient (Wildman–Crippen LogP) is 4.11. The van der Waals surface area contributed by atoms with Gasteiger partial charge in [0.2, 0.25) is 0 Å². The standard InChI is InChI=1S/C21H35N3O/c1-5-24(14-17(2)3)21(25)22-13-19-10-6-7-11-20(19)16-23-12-8-9-18(4)15-23/h6-7,10-11,17-18H,5,8-9,12-16H2,1-4H3,(H,22,25). The Hall–Kier alpha value is -1.55. The highest BCUT2D eigenvalue weighted by Crippen LogP contribution is 2.19. The number of carbonyl (C=O) groups excluding carboxylic acids is 1. The van der Waals surface area contributed by atoms with Gasteiger partial charge in [0, 0.05) is 32.7 Å². The maximum atomic E-state index is 12.4. The molecule has 25 heavy (non-hydrogen) atoms. The van der Waals surface area contributed by atoms with Gasteiger partial charge in [0.1, 0.15) is 0 Å². The molecule has 2 rings (SSSR count). The summed E-state index contributed by atoms with van der Waals surface area (Å²) in [6.07, 6.45) is 2.64. The fraction of sp³-hybridized carbons (Fsp3) is 0.667. The van der Waals surface area contributed by atoms with E-state index in [4.69, 9.17) is 0 Å². The maximum Gasteiger partial charge on any atom is 0.317 e. The zero-order valence-electron chi connectivity index (χ0n) is 16.4. The van der Waals surface area contributed by atoms with Crippen LogP contribution in [-0.4, -0.2) is 42.0 Å². The first-order valence-corrected chi connectivity index (χ1v) is 9.81. The fourth-order valence-electron chi connectivity index (χ4n) is 3.63. The molecular formula is C21H35N3O. The number of piperidine rings is 1. The number of hydrogen-bond acceptors (Lipinski definition) is 2. The van der Waals surface area contributed by atoms with Crippen molar-refractivity contribution < 1.29 is 4.79 Å². The molecule has 1 aliphatic heterocycles. The predicted molar refractivity (Wildman–Crippen MR) is 104 cm³/mol. The SMILES string of the molecule is CCN(CC(C)C)C(=O)NCc1ccccc1CN1CCCC(C)C1. The number of nitrogens with zero attached hydrogens (tertiary/aromatic N) is 2. The minimum absolute atomic E-state index is 0.0394. The second kappa shape index (κ2) is 9.81. The van der Waals surface area contributed by atoms with Crippen LogP contribution in [0.3, 0.4) is 0 Å². The number of rotatable bonds is 7. The molecule has 140 valence electrons. The zero-order chi connectivity index (χ0) is 18.2. The minimum atomic E-state index is 0.0394. The molecule has 0 spiro atoms. The molecule has 1 N–H and O–H groups in total. The Balaban J connectivity index is 1.94. The van der Waals surface area contributed by atoms with Crippen LogP contribution in [0.5, 0.6) is 0 Å². The summed E-state index contributed by atoms with van der Waals surface area (Å²) in [4.78, 5) is 16.9. The van der Waals surface area contributed by atoms with Crippen LogP contribution in [-0.2, 0) is 13.1 Å². The molecule has 4 nitrogen and oxygen atoms in total. The molecule has 1 aromatic rings. The zero-order valence-corrected chi connectivity index (χ0v) is 16.4. The number of likely N-dealkylation sites (tertiary alicyclic amines) is 1. The van der Waals surface area contributed by atoms with Gasteiger partial charge in [-0.2, -0.15) is 0 Å². The van der Waals surface area contributed by atoms with Crippen LogP contribution in [0, 0.1) is 11.8 Å². The van der Waals surface area contributed by atoms with Crippen molar-refractivity contribution in [2.75, 3.05) is 26.2 Å². The molecule has 0 saturated carbocycles. The highest BCUT2D eigenvalue weighted by molar-refractivity contribution is 5.74. The van der Waals surface area contributed by atoms with Gasteiger partial charge in [-0.25, -0.2) is 4.79 Å². The molecule has 0 aliphatic carbocycles. The summed E-state index contributed by atoms with van der Waals surface area (Å²) in [6.45, 7) is 14.2. The lowest BCUT2D eigenvalue weighted by Gasteiger charge is -2.31. The second-order valence-corrected chi connectivity index (χ2v) is 7.84. The van der Waals surface area contributed by atoms with Gasteiger partial charge in [0.05, 0.1) is 0 Å². The van der Waals surface area contributed by atoms with Crippen molar-refractivity contribution >= 4 is 6.03 Å². The average molecular weight is 346 g/mol. The third-order valence-electron chi connectivity index (χ3n) is 4.94. The van der Waals surface area contributed by atoms with Crippen molar-refractivity contribution in [2.45, 2.75) is 53.6 Å². The third kappa shape index (κ3) is 6.35. The maximum absolute atomic E-state index is 12.4. The highest BCUT2D eigenvalue weighted by atomic mass is 16.2. The number of urea groups is 1. The van der Waals surface area contributed by atoms with Crippen molar-refractivity contribution in [2.24, 2.45) is 11.8 Å². The van der Waals surface area contributed by atoms with Gasteiger partial charge in [-0.3, -0.25) is 4.90 Å². The first-order chi connectivity index (χ1) is 12.0. The molecule has 1 heterocycles. The molecule has 1 aliphatic rings. The topological polar surface area (TPSA) is 35.6 Å². The summed E-state index contributed by atoms with van der Waals surface area (Å²) in [5, 5.41) is 3.11. The summed E-state index contributed by atoms with van der Waals surface area (Å²) in [5.74, 6) is 1.27. The molecule has 0 bridgehead atoms. The normalized spacial score (nSPS) is 18.4. The van der Waals surface area contributed by atoms with Gasteiger partial charge in [-0.1, -0.05) is 45.0 Å². The number of carbonyl (C=O) groups is 1. The summed E-state index contributed by atoms with van der Waals surface area (Å²) in [7, 11) is 0. The molecule has 0 aromatic heterocycles. The van der Waals surface area contributed by atoms with Crippen LogP contribution < -0.4 is 5.32 Å². The number of amides is 2. The fourth-order valence-corrected chi connectivity index (χ4v) is 3.63. The van der Waals surface area contributed by atoms with E-state index in [0.717, 1.165) is 25.6 Å². The smallest absolute Gasteiger partial charge is 0.317 e. The monoisotopic (exact) mass is 345 g/mol. The molecule has 1 aromatic carbocycles. The van der Waals surface area contributed by atoms with Crippen LogP contribution in [0.4, 0.5) is 4.79 Å². The minimum Gasteiger partial charge on any atom is -0.334 e. The van der Waals surface area contributed by atoms with Gasteiger partial charge in [-0.05, 0) is 49.3 Å². The second-order valence-electron chi connectivity index (χ2n) is 7.84. The molecule has 1 atom stereocenters. The summed E-state index contributed by atoms with van der Waals surface area (Å²) < 4.78 is 0. The molecule has 0 radical (unpaired) electrons. The summed E-state index contributed by atoms with van der Waals surface area (Å²) in [6, 6.07) is 8.55. The number of hydrogen-bond donors (Lipinski definition) is 1. The Labute approximate surface area is 153 Å². The van der Waals surface area contributed by atoms with Crippen molar-refractivity contribution in [3.63, 3.8) is 0 Å². The Morgan fingerprint density at radius 3 is 2.68 bits per heavy atom. The van der Waals surface area contributed by atoms with E-state index in [1.807, 2.05) is 11.8 Å². The molecule has 1 fully saturated rings. The Morgan fingerprint density at radius 2 is 2.04 bits per heavy atom. The van der Waals surface area contributed by atoms with Crippen molar-refractivity contribution in [3.8, 4) is 0 Å². The van der Waals surface area contributed by atoms with E-state index in [9.17, 15) is 4.79 Å². The largest absolute Gasteiger partial charge is 0.334 e. The van der Waals surface area contributed by atoms with E-state index in [0.29, 0.717) is 12.5 Å². The van der Waals surface area contributed by atoms with Gasteiger partial charge >= 0.3 is 6.03 Å². The number of nitrogens with one attached hydrogen (secondary N) is 1. The lowest BCUT2D eigenvalue weighted by molar-refractivity contribution is 0.176. The van der Waals surface area contributed by atoms with Gasteiger partial charge in [0.25, 0.3) is 0 Å². The van der Waals surface area contributed by atoms with Crippen LogP contribution in [0.1, 0.15) is 51.7 Å². The first kappa shape index (κ1) is 19.8. The molecular weight excluding hydrogens is 310 g/mol. The third-order valence-corrected chi connectivity index (χ3v) is 4.94. The first-order valence-electron chi connectivity index (χ1n) is 9.81. The van der Waals surface area contributed by atoms with Crippen LogP contribution in [0.2, 0.25) is 0 Å². The van der Waals surface area contributed by atoms with E-state index in [-0.39, 0.29) is 6.03 Å². The molecule has 1 saturated heterocycles. The molecule has 4 heteroatoms. The van der Waals surface area contributed by atoms with E-state index in [2.05, 4.69) is 55.3 Å². The van der Waals surface area contributed by atoms with Gasteiger partial charge < -0.3 is 10.2 Å². The van der Waals surface area contributed by atoms with Crippen LogP contribution in [0.25, 0.3) is 0 Å². The van der Waals surface area contributed by atoms with Crippen molar-refractivity contribution in [3.05, 3.63) is 35.4 Å². The Kier molecular flexibility index (Phi) is 7.76. The van der Waals surface area contributed by atoms with E-state index < -0.39 is 0 Å². The van der Waals surface area contributed by atoms with E-state index in [1.165, 1.54) is 37.1 Å².